The second-order valence-corrected chi connectivity index (χ2v) is 4.85. The Labute approximate surface area is 102 Å². The molecule has 0 saturated heterocycles. The highest BCUT2D eigenvalue weighted by Crippen LogP contribution is 2.10. The van der Waals surface area contributed by atoms with E-state index in [1.165, 1.54) is 25.7 Å². The molecule has 1 aromatic rings. The van der Waals surface area contributed by atoms with Crippen LogP contribution in [0.5, 0.6) is 0 Å². The largest absolute Gasteiger partial charge is 0.378 e. The highest BCUT2D eigenvalue weighted by Gasteiger charge is 2.00. The van der Waals surface area contributed by atoms with Crippen molar-refractivity contribution < 1.29 is 4.74 Å². The molecule has 0 aliphatic heterocycles. The van der Waals surface area contributed by atoms with Crippen LogP contribution in [0.3, 0.4) is 0 Å². The summed E-state index contributed by atoms with van der Waals surface area (Å²) in [5.41, 5.74) is 1.13. The molecule has 1 rings (SSSR count). The number of ether oxygens (including phenoxy) is 1. The average Bonchev–Trinajstić information content (AvgIpc) is 2.72. The van der Waals surface area contributed by atoms with E-state index in [1.54, 1.807) is 18.4 Å². The number of nitrogens with zero attached hydrogens (tertiary/aromatic N) is 1. The van der Waals surface area contributed by atoms with E-state index in [4.69, 9.17) is 4.74 Å². The van der Waals surface area contributed by atoms with Crippen LogP contribution in [0.25, 0.3) is 0 Å². The highest BCUT2D eigenvalue weighted by molar-refractivity contribution is 7.09. The maximum Gasteiger partial charge on any atom is 0.119 e. The fraction of sp³-hybridized carbons (Fsp3) is 0.750. The molecule has 0 aliphatic rings. The first-order valence-electron chi connectivity index (χ1n) is 5.99. The van der Waals surface area contributed by atoms with Crippen molar-refractivity contribution in [2.24, 2.45) is 0 Å². The van der Waals surface area contributed by atoms with Crippen molar-refractivity contribution in [1.29, 1.82) is 0 Å². The molecule has 0 radical (unpaired) electrons. The third-order valence-corrected chi connectivity index (χ3v) is 3.25. The van der Waals surface area contributed by atoms with Crippen LogP contribution < -0.4 is 5.32 Å². The van der Waals surface area contributed by atoms with Crippen molar-refractivity contribution in [3.05, 3.63) is 16.1 Å². The lowest BCUT2D eigenvalue weighted by molar-refractivity contribution is 0.184. The van der Waals surface area contributed by atoms with Gasteiger partial charge in [-0.15, -0.1) is 11.3 Å². The van der Waals surface area contributed by atoms with Gasteiger partial charge in [-0.05, 0) is 13.0 Å². The molecule has 1 aromatic heterocycles. The van der Waals surface area contributed by atoms with E-state index in [-0.39, 0.29) is 0 Å². The molecule has 0 atom stereocenters. The molecule has 0 saturated carbocycles. The Morgan fingerprint density at radius 3 is 3.00 bits per heavy atom. The molecule has 0 spiro atoms. The molecule has 1 heterocycles. The summed E-state index contributed by atoms with van der Waals surface area (Å²) in [5.74, 6) is 0. The number of nitrogens with one attached hydrogen (secondary N) is 1. The van der Waals surface area contributed by atoms with Gasteiger partial charge < -0.3 is 10.1 Å². The molecule has 1 N–H and O–H groups in total. The number of rotatable bonds is 9. The van der Waals surface area contributed by atoms with Crippen molar-refractivity contribution in [1.82, 2.24) is 10.3 Å². The minimum absolute atomic E-state index is 0.626. The molecule has 16 heavy (non-hydrogen) atoms. The predicted molar refractivity (Wildman–Crippen MR) is 68.7 cm³/mol. The van der Waals surface area contributed by atoms with Gasteiger partial charge in [0.25, 0.3) is 0 Å². The number of aromatic nitrogens is 1. The Balaban J connectivity index is 2.07. The molecular formula is C12H22N2OS. The molecule has 0 amide bonds. The quantitative estimate of drug-likeness (QED) is 0.676. The summed E-state index contributed by atoms with van der Waals surface area (Å²) in [6.45, 7) is 4.84. The van der Waals surface area contributed by atoms with Crippen LogP contribution in [0.4, 0.5) is 0 Å². The normalized spacial score (nSPS) is 10.9. The zero-order valence-electron chi connectivity index (χ0n) is 10.3. The van der Waals surface area contributed by atoms with Gasteiger partial charge in [-0.1, -0.05) is 26.2 Å². The topological polar surface area (TPSA) is 34.1 Å². The summed E-state index contributed by atoms with van der Waals surface area (Å²) in [6, 6.07) is 0. The Hall–Kier alpha value is -0.450. The first-order valence-corrected chi connectivity index (χ1v) is 6.87. The Bertz CT molecular complexity index is 276. The van der Waals surface area contributed by atoms with E-state index in [2.05, 4.69) is 22.6 Å². The van der Waals surface area contributed by atoms with Crippen molar-refractivity contribution in [3.8, 4) is 0 Å². The van der Waals surface area contributed by atoms with E-state index in [0.29, 0.717) is 6.61 Å². The molecule has 3 nitrogen and oxygen atoms in total. The van der Waals surface area contributed by atoms with Gasteiger partial charge in [0.2, 0.25) is 0 Å². The van der Waals surface area contributed by atoms with Crippen LogP contribution in [-0.4, -0.2) is 18.6 Å². The second-order valence-electron chi connectivity index (χ2n) is 3.90. The number of methoxy groups -OCH3 is 1. The van der Waals surface area contributed by atoms with Crippen LogP contribution in [0.2, 0.25) is 0 Å². The van der Waals surface area contributed by atoms with Gasteiger partial charge in [0, 0.05) is 19.0 Å². The van der Waals surface area contributed by atoms with Gasteiger partial charge >= 0.3 is 0 Å². The van der Waals surface area contributed by atoms with Crippen molar-refractivity contribution in [3.63, 3.8) is 0 Å². The number of hydrogen-bond donors (Lipinski definition) is 1. The summed E-state index contributed by atoms with van der Waals surface area (Å²) in [6.07, 6.45) is 5.24. The van der Waals surface area contributed by atoms with Gasteiger partial charge in [-0.3, -0.25) is 0 Å². The van der Waals surface area contributed by atoms with Crippen LogP contribution in [0.1, 0.15) is 43.3 Å². The summed E-state index contributed by atoms with van der Waals surface area (Å²) < 4.78 is 5.04. The fourth-order valence-electron chi connectivity index (χ4n) is 1.51. The first kappa shape index (κ1) is 13.6. The minimum Gasteiger partial charge on any atom is -0.378 e. The van der Waals surface area contributed by atoms with Crippen LogP contribution >= 0.6 is 11.3 Å². The zero-order valence-corrected chi connectivity index (χ0v) is 11.1. The number of thiazole rings is 1. The van der Waals surface area contributed by atoms with Crippen molar-refractivity contribution >= 4 is 11.3 Å². The molecule has 0 bridgehead atoms. The molecular weight excluding hydrogens is 220 g/mol. The van der Waals surface area contributed by atoms with E-state index in [1.807, 2.05) is 0 Å². The second kappa shape index (κ2) is 8.67. The van der Waals surface area contributed by atoms with E-state index in [0.717, 1.165) is 23.8 Å². The summed E-state index contributed by atoms with van der Waals surface area (Å²) in [4.78, 5) is 4.46. The van der Waals surface area contributed by atoms with Crippen molar-refractivity contribution in [2.75, 3.05) is 13.7 Å². The van der Waals surface area contributed by atoms with Crippen LogP contribution in [0.15, 0.2) is 5.38 Å². The minimum atomic E-state index is 0.626. The van der Waals surface area contributed by atoms with Gasteiger partial charge in [0.15, 0.2) is 0 Å². The van der Waals surface area contributed by atoms with Crippen molar-refractivity contribution in [2.45, 2.75) is 45.8 Å². The summed E-state index contributed by atoms with van der Waals surface area (Å²) in [7, 11) is 1.70. The smallest absolute Gasteiger partial charge is 0.119 e. The number of hydrogen-bond acceptors (Lipinski definition) is 4. The van der Waals surface area contributed by atoms with E-state index < -0.39 is 0 Å². The maximum atomic E-state index is 5.04. The van der Waals surface area contributed by atoms with Gasteiger partial charge in [0.05, 0.1) is 12.3 Å². The SMILES string of the molecule is CCCCCCNCc1csc(COC)n1. The lowest BCUT2D eigenvalue weighted by Crippen LogP contribution is -2.14. The molecule has 0 aliphatic carbocycles. The Kier molecular flexibility index (Phi) is 7.38. The van der Waals surface area contributed by atoms with Crippen LogP contribution in [0, 0.1) is 0 Å². The molecule has 4 heteroatoms. The standard InChI is InChI=1S/C12H22N2OS/c1-3-4-5-6-7-13-8-11-10-16-12(14-11)9-15-2/h10,13H,3-9H2,1-2H3. The lowest BCUT2D eigenvalue weighted by atomic mass is 10.2. The van der Waals surface area contributed by atoms with Gasteiger partial charge in [-0.2, -0.15) is 0 Å². The summed E-state index contributed by atoms with van der Waals surface area (Å²) in [5, 5.41) is 6.58. The van der Waals surface area contributed by atoms with Crippen LogP contribution in [-0.2, 0) is 17.9 Å². The monoisotopic (exact) mass is 242 g/mol. The third kappa shape index (κ3) is 5.58. The predicted octanol–water partition coefficient (Wildman–Crippen LogP) is 2.96. The van der Waals surface area contributed by atoms with E-state index in [9.17, 15) is 0 Å². The first-order chi connectivity index (χ1) is 7.86. The van der Waals surface area contributed by atoms with Gasteiger partial charge in [-0.25, -0.2) is 4.98 Å². The maximum absolute atomic E-state index is 5.04. The Morgan fingerprint density at radius 1 is 1.38 bits per heavy atom. The number of unbranched alkanes of at least 4 members (excludes halogenated alkanes) is 3. The average molecular weight is 242 g/mol. The molecule has 0 fully saturated rings. The fourth-order valence-corrected chi connectivity index (χ4v) is 2.28. The summed E-state index contributed by atoms with van der Waals surface area (Å²) >= 11 is 1.67. The molecule has 92 valence electrons. The lowest BCUT2D eigenvalue weighted by Gasteiger charge is -2.01. The Morgan fingerprint density at radius 2 is 2.25 bits per heavy atom. The van der Waals surface area contributed by atoms with E-state index >= 15 is 0 Å². The molecule has 0 aromatic carbocycles. The highest BCUT2D eigenvalue weighted by atomic mass is 32.1. The third-order valence-electron chi connectivity index (χ3n) is 2.38. The van der Waals surface area contributed by atoms with Gasteiger partial charge in [0.1, 0.15) is 5.01 Å². The molecule has 0 unspecified atom stereocenters. The zero-order chi connectivity index (χ0) is 11.6.